The zero-order chi connectivity index (χ0) is 20.4. The van der Waals surface area contributed by atoms with E-state index in [0.717, 1.165) is 63.2 Å². The van der Waals surface area contributed by atoms with E-state index >= 15 is 0 Å². The molecule has 0 spiro atoms. The van der Waals surface area contributed by atoms with Gasteiger partial charge >= 0.3 is 0 Å². The monoisotopic (exact) mass is 531 g/mol. The van der Waals surface area contributed by atoms with Crippen molar-refractivity contribution in [2.45, 2.75) is 52.0 Å². The quantitative estimate of drug-likeness (QED) is 0.272. The van der Waals surface area contributed by atoms with Gasteiger partial charge in [-0.2, -0.15) is 0 Å². The van der Waals surface area contributed by atoms with Gasteiger partial charge in [0.2, 0.25) is 0 Å². The maximum Gasteiger partial charge on any atom is 0.191 e. The Bertz CT molecular complexity index is 641. The average molecular weight is 531 g/mol. The third-order valence-electron chi connectivity index (χ3n) is 6.12. The highest BCUT2D eigenvalue weighted by Gasteiger charge is 2.31. The predicted octanol–water partition coefficient (Wildman–Crippen LogP) is 2.92. The van der Waals surface area contributed by atoms with Crippen LogP contribution < -0.4 is 15.5 Å². The highest BCUT2D eigenvalue weighted by Crippen LogP contribution is 2.38. The van der Waals surface area contributed by atoms with Crippen LogP contribution in [0.1, 0.15) is 51.0 Å². The van der Waals surface area contributed by atoms with Crippen LogP contribution in [0.25, 0.3) is 0 Å². The van der Waals surface area contributed by atoms with Crippen molar-refractivity contribution in [1.29, 1.82) is 0 Å². The molecule has 0 aromatic carbocycles. The van der Waals surface area contributed by atoms with Crippen LogP contribution in [0.2, 0.25) is 0 Å². The summed E-state index contributed by atoms with van der Waals surface area (Å²) in [5.41, 5.74) is 1.32. The van der Waals surface area contributed by atoms with Gasteiger partial charge in [0.15, 0.2) is 5.96 Å². The Labute approximate surface area is 198 Å². The number of guanidine groups is 1. The lowest BCUT2D eigenvalue weighted by molar-refractivity contribution is 0.122. The number of hydrogen-bond acceptors (Lipinski definition) is 5. The highest BCUT2D eigenvalue weighted by molar-refractivity contribution is 14.0. The SMILES string of the molecule is CCNC(=NCc1cccnc1N1CCOCC1)NCC1(CCO)CCCCC1.I. The van der Waals surface area contributed by atoms with Gasteiger partial charge < -0.3 is 25.4 Å². The first-order valence-electron chi connectivity index (χ1n) is 11.2. The summed E-state index contributed by atoms with van der Waals surface area (Å²) in [6, 6.07) is 4.09. The minimum absolute atomic E-state index is 0. The molecule has 0 atom stereocenters. The fourth-order valence-corrected chi connectivity index (χ4v) is 4.44. The molecule has 1 aromatic heterocycles. The molecule has 30 heavy (non-hydrogen) atoms. The number of hydrogen-bond donors (Lipinski definition) is 3. The van der Waals surface area contributed by atoms with Gasteiger partial charge in [-0.3, -0.25) is 0 Å². The smallest absolute Gasteiger partial charge is 0.191 e. The second kappa shape index (κ2) is 13.3. The molecule has 3 rings (SSSR count). The first-order chi connectivity index (χ1) is 14.3. The summed E-state index contributed by atoms with van der Waals surface area (Å²) in [4.78, 5) is 11.7. The van der Waals surface area contributed by atoms with Crippen LogP contribution in [0.5, 0.6) is 0 Å². The fraction of sp³-hybridized carbons (Fsp3) is 0.727. The normalized spacial score (nSPS) is 19.1. The molecule has 1 aliphatic carbocycles. The van der Waals surface area contributed by atoms with E-state index in [0.29, 0.717) is 6.54 Å². The van der Waals surface area contributed by atoms with E-state index < -0.39 is 0 Å². The summed E-state index contributed by atoms with van der Waals surface area (Å²) < 4.78 is 5.48. The molecule has 2 aliphatic rings. The van der Waals surface area contributed by atoms with E-state index in [4.69, 9.17) is 9.73 Å². The van der Waals surface area contributed by atoms with Crippen LogP contribution in [-0.2, 0) is 11.3 Å². The van der Waals surface area contributed by atoms with Crippen molar-refractivity contribution in [3.63, 3.8) is 0 Å². The number of anilines is 1. The van der Waals surface area contributed by atoms with Crippen molar-refractivity contribution >= 4 is 35.8 Å². The fourth-order valence-electron chi connectivity index (χ4n) is 4.44. The molecule has 1 aliphatic heterocycles. The van der Waals surface area contributed by atoms with Crippen LogP contribution in [-0.4, -0.2) is 62.0 Å². The van der Waals surface area contributed by atoms with Crippen LogP contribution in [0.4, 0.5) is 5.82 Å². The Hall–Kier alpha value is -1.13. The van der Waals surface area contributed by atoms with Gasteiger partial charge in [-0.05, 0) is 37.7 Å². The molecular weight excluding hydrogens is 493 g/mol. The van der Waals surface area contributed by atoms with Gasteiger partial charge in [0.1, 0.15) is 5.82 Å². The summed E-state index contributed by atoms with van der Waals surface area (Å²) >= 11 is 0. The molecule has 0 unspecified atom stereocenters. The number of rotatable bonds is 8. The minimum Gasteiger partial charge on any atom is -0.396 e. The number of pyridine rings is 1. The average Bonchev–Trinajstić information content (AvgIpc) is 2.77. The third-order valence-corrected chi connectivity index (χ3v) is 6.12. The predicted molar refractivity (Wildman–Crippen MR) is 133 cm³/mol. The van der Waals surface area contributed by atoms with Crippen molar-refractivity contribution in [2.24, 2.45) is 10.4 Å². The van der Waals surface area contributed by atoms with Crippen molar-refractivity contribution in [3.05, 3.63) is 23.9 Å². The molecule has 1 saturated carbocycles. The summed E-state index contributed by atoms with van der Waals surface area (Å²) in [7, 11) is 0. The zero-order valence-corrected chi connectivity index (χ0v) is 20.6. The van der Waals surface area contributed by atoms with E-state index in [1.807, 2.05) is 12.3 Å². The Morgan fingerprint density at radius 2 is 2.00 bits per heavy atom. The maximum absolute atomic E-state index is 9.56. The van der Waals surface area contributed by atoms with Crippen LogP contribution in [0.15, 0.2) is 23.3 Å². The topological polar surface area (TPSA) is 82.0 Å². The number of aliphatic hydroxyl groups is 1. The lowest BCUT2D eigenvalue weighted by atomic mass is 9.72. The van der Waals surface area contributed by atoms with E-state index in [-0.39, 0.29) is 36.0 Å². The second-order valence-corrected chi connectivity index (χ2v) is 8.17. The molecular formula is C22H38IN5O2. The first-order valence-corrected chi connectivity index (χ1v) is 11.2. The molecule has 0 radical (unpaired) electrons. The van der Waals surface area contributed by atoms with Crippen molar-refractivity contribution in [1.82, 2.24) is 15.6 Å². The Morgan fingerprint density at radius 1 is 1.23 bits per heavy atom. The molecule has 3 N–H and O–H groups in total. The van der Waals surface area contributed by atoms with Gasteiger partial charge in [-0.15, -0.1) is 24.0 Å². The van der Waals surface area contributed by atoms with Crippen LogP contribution in [0, 0.1) is 5.41 Å². The van der Waals surface area contributed by atoms with E-state index in [2.05, 4.69) is 33.5 Å². The molecule has 1 aromatic rings. The van der Waals surface area contributed by atoms with E-state index in [1.54, 1.807) is 0 Å². The number of nitrogens with one attached hydrogen (secondary N) is 2. The highest BCUT2D eigenvalue weighted by atomic mass is 127. The van der Waals surface area contributed by atoms with Gasteiger partial charge in [0.25, 0.3) is 0 Å². The lowest BCUT2D eigenvalue weighted by Crippen LogP contribution is -2.45. The lowest BCUT2D eigenvalue weighted by Gasteiger charge is -2.37. The number of ether oxygens (including phenoxy) is 1. The number of morpholine rings is 1. The number of aliphatic imine (C=N–C) groups is 1. The number of halogens is 1. The number of aromatic nitrogens is 1. The van der Waals surface area contributed by atoms with Crippen LogP contribution >= 0.6 is 24.0 Å². The van der Waals surface area contributed by atoms with E-state index in [1.165, 1.54) is 32.1 Å². The number of nitrogens with zero attached hydrogens (tertiary/aromatic N) is 3. The number of aliphatic hydroxyl groups excluding tert-OH is 1. The van der Waals surface area contributed by atoms with Crippen molar-refractivity contribution in [2.75, 3.05) is 50.9 Å². The Morgan fingerprint density at radius 3 is 2.70 bits per heavy atom. The van der Waals surface area contributed by atoms with E-state index in [9.17, 15) is 5.11 Å². The minimum atomic E-state index is 0. The Balaban J connectivity index is 0.00000320. The van der Waals surface area contributed by atoms with Crippen molar-refractivity contribution < 1.29 is 9.84 Å². The molecule has 0 amide bonds. The standard InChI is InChI=1S/C22H37N5O2.HI/c1-2-23-21(26-18-22(10-14-28)8-4-3-5-9-22)25-17-19-7-6-11-24-20(19)27-12-15-29-16-13-27;/h6-7,11,28H,2-5,8-10,12-18H2,1H3,(H2,23,25,26);1H. The summed E-state index contributed by atoms with van der Waals surface area (Å²) in [5.74, 6) is 1.85. The van der Waals surface area contributed by atoms with Gasteiger partial charge in [0.05, 0.1) is 19.8 Å². The van der Waals surface area contributed by atoms with Crippen molar-refractivity contribution in [3.8, 4) is 0 Å². The molecule has 2 fully saturated rings. The van der Waals surface area contributed by atoms with Gasteiger partial charge in [-0.25, -0.2) is 9.98 Å². The molecule has 1 saturated heterocycles. The third kappa shape index (κ3) is 7.23. The first kappa shape index (κ1) is 25.1. The largest absolute Gasteiger partial charge is 0.396 e. The molecule has 0 bridgehead atoms. The molecule has 7 nitrogen and oxygen atoms in total. The Kier molecular flexibility index (Phi) is 11.2. The summed E-state index contributed by atoms with van der Waals surface area (Å²) in [5, 5.41) is 16.5. The molecule has 8 heteroatoms. The second-order valence-electron chi connectivity index (χ2n) is 8.17. The zero-order valence-electron chi connectivity index (χ0n) is 18.2. The summed E-state index contributed by atoms with van der Waals surface area (Å²) in [6.07, 6.45) is 8.91. The van der Waals surface area contributed by atoms with Gasteiger partial charge in [0, 0.05) is 44.5 Å². The molecule has 2 heterocycles. The molecule has 170 valence electrons. The van der Waals surface area contributed by atoms with Gasteiger partial charge in [-0.1, -0.05) is 25.3 Å². The summed E-state index contributed by atoms with van der Waals surface area (Å²) in [6.45, 7) is 7.85. The maximum atomic E-state index is 9.56. The van der Waals surface area contributed by atoms with Crippen LogP contribution in [0.3, 0.4) is 0 Å².